The van der Waals surface area contributed by atoms with Crippen LogP contribution >= 0.6 is 11.6 Å². The fourth-order valence-electron chi connectivity index (χ4n) is 1.91. The van der Waals surface area contributed by atoms with Crippen molar-refractivity contribution in [2.75, 3.05) is 6.61 Å². The van der Waals surface area contributed by atoms with Gasteiger partial charge in [0.25, 0.3) is 5.91 Å². The number of phenols is 1. The Morgan fingerprint density at radius 2 is 1.90 bits per heavy atom. The van der Waals surface area contributed by atoms with Crippen molar-refractivity contribution in [3.05, 3.63) is 59.1 Å². The Balaban J connectivity index is 1.90. The van der Waals surface area contributed by atoms with Gasteiger partial charge in [0, 0.05) is 5.02 Å². The van der Waals surface area contributed by atoms with E-state index in [0.717, 1.165) is 5.56 Å². The molecule has 1 atom stereocenters. The highest BCUT2D eigenvalue weighted by Crippen LogP contribution is 2.24. The molecule has 0 radical (unpaired) electrons. The number of amides is 1. The summed E-state index contributed by atoms with van der Waals surface area (Å²) in [5, 5.41) is 12.9. The molecule has 0 saturated heterocycles. The van der Waals surface area contributed by atoms with E-state index in [2.05, 4.69) is 5.32 Å². The predicted molar refractivity (Wildman–Crippen MR) is 81.6 cm³/mol. The van der Waals surface area contributed by atoms with Crippen molar-refractivity contribution < 1.29 is 14.6 Å². The standard InChI is InChI=1S/C16H16ClNO3/c1-11(12-6-2-3-7-13(12)17)18-16(20)10-21-15-9-5-4-8-14(15)19/h2-9,11,19H,10H2,1H3,(H,18,20). The summed E-state index contributed by atoms with van der Waals surface area (Å²) in [5.41, 5.74) is 0.843. The zero-order valence-electron chi connectivity index (χ0n) is 11.5. The second-order valence-corrected chi connectivity index (χ2v) is 4.97. The molecule has 2 rings (SSSR count). The molecule has 0 fully saturated rings. The van der Waals surface area contributed by atoms with E-state index in [9.17, 15) is 9.90 Å². The molecule has 4 nitrogen and oxygen atoms in total. The van der Waals surface area contributed by atoms with E-state index in [-0.39, 0.29) is 30.1 Å². The van der Waals surface area contributed by atoms with Gasteiger partial charge in [0.15, 0.2) is 18.1 Å². The quantitative estimate of drug-likeness (QED) is 0.891. The van der Waals surface area contributed by atoms with E-state index >= 15 is 0 Å². The molecule has 0 aromatic heterocycles. The Bertz CT molecular complexity index is 630. The highest BCUT2D eigenvalue weighted by molar-refractivity contribution is 6.31. The third kappa shape index (κ3) is 4.13. The normalized spacial score (nSPS) is 11.7. The SMILES string of the molecule is CC(NC(=O)COc1ccccc1O)c1ccccc1Cl. The highest BCUT2D eigenvalue weighted by atomic mass is 35.5. The summed E-state index contributed by atoms with van der Waals surface area (Å²) in [6, 6.07) is 13.6. The van der Waals surface area contributed by atoms with E-state index in [4.69, 9.17) is 16.3 Å². The van der Waals surface area contributed by atoms with Crippen LogP contribution in [0.5, 0.6) is 11.5 Å². The molecule has 0 spiro atoms. The zero-order chi connectivity index (χ0) is 15.2. The third-order valence-corrected chi connectivity index (χ3v) is 3.32. The highest BCUT2D eigenvalue weighted by Gasteiger charge is 2.13. The van der Waals surface area contributed by atoms with E-state index < -0.39 is 0 Å². The van der Waals surface area contributed by atoms with Gasteiger partial charge < -0.3 is 15.2 Å². The van der Waals surface area contributed by atoms with Gasteiger partial charge in [0.05, 0.1) is 6.04 Å². The molecule has 2 aromatic carbocycles. The molecular formula is C16H16ClNO3. The van der Waals surface area contributed by atoms with Crippen molar-refractivity contribution in [1.82, 2.24) is 5.32 Å². The number of carbonyl (C=O) groups is 1. The first-order chi connectivity index (χ1) is 10.1. The number of carbonyl (C=O) groups excluding carboxylic acids is 1. The number of halogens is 1. The molecule has 0 aliphatic heterocycles. The number of benzene rings is 2. The van der Waals surface area contributed by atoms with Crippen molar-refractivity contribution in [3.8, 4) is 11.5 Å². The molecular weight excluding hydrogens is 290 g/mol. The third-order valence-electron chi connectivity index (χ3n) is 2.97. The molecule has 2 aromatic rings. The first-order valence-electron chi connectivity index (χ1n) is 6.52. The topological polar surface area (TPSA) is 58.6 Å². The Morgan fingerprint density at radius 3 is 2.62 bits per heavy atom. The lowest BCUT2D eigenvalue weighted by Gasteiger charge is -2.16. The van der Waals surface area contributed by atoms with Crippen LogP contribution in [0.1, 0.15) is 18.5 Å². The molecule has 21 heavy (non-hydrogen) atoms. The van der Waals surface area contributed by atoms with E-state index in [1.54, 1.807) is 24.3 Å². The molecule has 110 valence electrons. The molecule has 0 aliphatic carbocycles. The Hall–Kier alpha value is -2.20. The molecule has 2 N–H and O–H groups in total. The second-order valence-electron chi connectivity index (χ2n) is 4.57. The van der Waals surface area contributed by atoms with Crippen molar-refractivity contribution in [1.29, 1.82) is 0 Å². The number of rotatable bonds is 5. The monoisotopic (exact) mass is 305 g/mol. The van der Waals surface area contributed by atoms with Crippen LogP contribution in [0.4, 0.5) is 0 Å². The molecule has 0 bridgehead atoms. The van der Waals surface area contributed by atoms with Crippen LogP contribution < -0.4 is 10.1 Å². The first-order valence-corrected chi connectivity index (χ1v) is 6.90. The lowest BCUT2D eigenvalue weighted by atomic mass is 10.1. The minimum absolute atomic E-state index is 0.00412. The van der Waals surface area contributed by atoms with E-state index in [0.29, 0.717) is 5.02 Å². The maximum atomic E-state index is 11.9. The van der Waals surface area contributed by atoms with Crippen molar-refractivity contribution in [3.63, 3.8) is 0 Å². The lowest BCUT2D eigenvalue weighted by Crippen LogP contribution is -2.31. The minimum atomic E-state index is -0.286. The van der Waals surface area contributed by atoms with Gasteiger partial charge in [-0.2, -0.15) is 0 Å². The number of nitrogens with one attached hydrogen (secondary N) is 1. The lowest BCUT2D eigenvalue weighted by molar-refractivity contribution is -0.123. The van der Waals surface area contributed by atoms with E-state index in [1.165, 1.54) is 6.07 Å². The molecule has 0 heterocycles. The van der Waals surface area contributed by atoms with Gasteiger partial charge in [-0.1, -0.05) is 41.9 Å². The molecule has 1 unspecified atom stereocenters. The fraction of sp³-hybridized carbons (Fsp3) is 0.188. The maximum Gasteiger partial charge on any atom is 0.258 e. The van der Waals surface area contributed by atoms with Crippen LogP contribution in [-0.2, 0) is 4.79 Å². The van der Waals surface area contributed by atoms with Gasteiger partial charge in [0.2, 0.25) is 0 Å². The summed E-state index contributed by atoms with van der Waals surface area (Å²) in [6.45, 7) is 1.67. The largest absolute Gasteiger partial charge is 0.504 e. The summed E-state index contributed by atoms with van der Waals surface area (Å²) >= 11 is 6.08. The summed E-state index contributed by atoms with van der Waals surface area (Å²) < 4.78 is 5.27. The Kier molecular flexibility index (Phi) is 5.06. The minimum Gasteiger partial charge on any atom is -0.504 e. The first kappa shape index (κ1) is 15.2. The van der Waals surface area contributed by atoms with Gasteiger partial charge in [-0.3, -0.25) is 4.79 Å². The van der Waals surface area contributed by atoms with E-state index in [1.807, 2.05) is 25.1 Å². The van der Waals surface area contributed by atoms with Crippen molar-refractivity contribution in [2.24, 2.45) is 0 Å². The molecule has 5 heteroatoms. The average Bonchev–Trinajstić information content (AvgIpc) is 2.46. The Morgan fingerprint density at radius 1 is 1.24 bits per heavy atom. The summed E-state index contributed by atoms with van der Waals surface area (Å²) in [6.07, 6.45) is 0. The van der Waals surface area contributed by atoms with Crippen LogP contribution in [-0.4, -0.2) is 17.6 Å². The number of aromatic hydroxyl groups is 1. The summed E-state index contributed by atoms with van der Waals surface area (Å²) in [4.78, 5) is 11.9. The molecule has 0 aliphatic rings. The van der Waals surface area contributed by atoms with Gasteiger partial charge in [-0.15, -0.1) is 0 Å². The number of hydrogen-bond donors (Lipinski definition) is 2. The Labute approximate surface area is 128 Å². The maximum absolute atomic E-state index is 11.9. The van der Waals surface area contributed by atoms with Gasteiger partial charge in [0.1, 0.15) is 0 Å². The van der Waals surface area contributed by atoms with Crippen LogP contribution in [0.15, 0.2) is 48.5 Å². The van der Waals surface area contributed by atoms with Crippen molar-refractivity contribution >= 4 is 17.5 Å². The van der Waals surface area contributed by atoms with Crippen LogP contribution in [0.3, 0.4) is 0 Å². The summed E-state index contributed by atoms with van der Waals surface area (Å²) in [5.74, 6) is -0.00632. The van der Waals surface area contributed by atoms with Gasteiger partial charge in [-0.05, 0) is 30.7 Å². The van der Waals surface area contributed by atoms with Crippen LogP contribution in [0.25, 0.3) is 0 Å². The molecule has 0 saturated carbocycles. The zero-order valence-corrected chi connectivity index (χ0v) is 12.3. The predicted octanol–water partition coefficient (Wildman–Crippen LogP) is 3.30. The molecule has 1 amide bonds. The van der Waals surface area contributed by atoms with Crippen LogP contribution in [0, 0.1) is 0 Å². The smallest absolute Gasteiger partial charge is 0.258 e. The average molecular weight is 306 g/mol. The summed E-state index contributed by atoms with van der Waals surface area (Å²) in [7, 11) is 0. The number of para-hydroxylation sites is 2. The van der Waals surface area contributed by atoms with Crippen LogP contribution in [0.2, 0.25) is 5.02 Å². The fourth-order valence-corrected chi connectivity index (χ4v) is 2.21. The van der Waals surface area contributed by atoms with Crippen molar-refractivity contribution in [2.45, 2.75) is 13.0 Å². The second kappa shape index (κ2) is 6.99. The van der Waals surface area contributed by atoms with Gasteiger partial charge >= 0.3 is 0 Å². The number of ether oxygens (including phenoxy) is 1. The van der Waals surface area contributed by atoms with Gasteiger partial charge in [-0.25, -0.2) is 0 Å². The number of hydrogen-bond acceptors (Lipinski definition) is 3. The number of phenolic OH excluding ortho intramolecular Hbond substituents is 1.